The highest BCUT2D eigenvalue weighted by molar-refractivity contribution is 4.78. The van der Waals surface area contributed by atoms with E-state index >= 15 is 0 Å². The molecular weight excluding hydrogens is 195 g/mol. The molecule has 1 saturated carbocycles. The van der Waals surface area contributed by atoms with Crippen molar-refractivity contribution in [1.82, 2.24) is 5.48 Å². The van der Waals surface area contributed by atoms with Gasteiger partial charge in [0.15, 0.2) is 0 Å². The van der Waals surface area contributed by atoms with Crippen molar-refractivity contribution in [2.24, 2.45) is 5.92 Å². The maximum absolute atomic E-state index is 12.3. The summed E-state index contributed by atoms with van der Waals surface area (Å²) in [7, 11) is 0. The van der Waals surface area contributed by atoms with E-state index in [0.29, 0.717) is 19.4 Å². The summed E-state index contributed by atoms with van der Waals surface area (Å²) in [6.45, 7) is 2.38. The highest BCUT2D eigenvalue weighted by atomic mass is 19.4. The molecule has 0 aliphatic heterocycles. The minimum Gasteiger partial charge on any atom is -0.302 e. The van der Waals surface area contributed by atoms with E-state index in [1.165, 1.54) is 0 Å². The Morgan fingerprint density at radius 3 is 2.21 bits per heavy atom. The van der Waals surface area contributed by atoms with Crippen LogP contribution in [0.1, 0.15) is 32.6 Å². The van der Waals surface area contributed by atoms with Gasteiger partial charge < -0.3 is 4.84 Å². The van der Waals surface area contributed by atoms with Crippen LogP contribution in [0, 0.1) is 5.92 Å². The average Bonchev–Trinajstić information content (AvgIpc) is 2.14. The minimum atomic E-state index is -4.02. The van der Waals surface area contributed by atoms with E-state index in [1.807, 2.05) is 6.92 Å². The molecule has 1 N–H and O–H groups in total. The maximum Gasteiger partial charge on any atom is 0.391 e. The number of hydroxylamine groups is 1. The molecule has 84 valence electrons. The van der Waals surface area contributed by atoms with Gasteiger partial charge in [0.2, 0.25) is 0 Å². The Hall–Kier alpha value is -0.290. The first-order valence-corrected chi connectivity index (χ1v) is 4.98. The monoisotopic (exact) mass is 211 g/mol. The summed E-state index contributed by atoms with van der Waals surface area (Å²) in [4.78, 5) is 4.96. The molecule has 0 unspecified atom stereocenters. The number of alkyl halides is 3. The first-order chi connectivity index (χ1) is 6.54. The van der Waals surface area contributed by atoms with Gasteiger partial charge in [-0.15, -0.1) is 0 Å². The first-order valence-electron chi connectivity index (χ1n) is 4.98. The lowest BCUT2D eigenvalue weighted by Crippen LogP contribution is -2.36. The summed E-state index contributed by atoms with van der Waals surface area (Å²) in [5.41, 5.74) is 2.78. The van der Waals surface area contributed by atoms with Gasteiger partial charge in [0.25, 0.3) is 0 Å². The van der Waals surface area contributed by atoms with Crippen LogP contribution in [0.5, 0.6) is 0 Å². The number of nitrogens with one attached hydrogen (secondary N) is 1. The number of hydrogen-bond donors (Lipinski definition) is 1. The van der Waals surface area contributed by atoms with Crippen LogP contribution in [-0.2, 0) is 4.84 Å². The summed E-state index contributed by atoms with van der Waals surface area (Å²) < 4.78 is 36.8. The SMILES string of the molecule is CCONC1CCC(C(F)(F)F)CC1. The molecule has 0 aromatic rings. The molecule has 0 radical (unpaired) electrons. The Morgan fingerprint density at radius 1 is 1.21 bits per heavy atom. The number of hydrogen-bond acceptors (Lipinski definition) is 2. The minimum absolute atomic E-state index is 0.0912. The molecule has 1 aliphatic rings. The predicted octanol–water partition coefficient (Wildman–Crippen LogP) is 2.65. The Balaban J connectivity index is 2.24. The molecule has 0 bridgehead atoms. The molecule has 0 saturated heterocycles. The standard InChI is InChI=1S/C9H16F3NO/c1-2-14-13-8-5-3-7(4-6-8)9(10,11)12/h7-8,13H,2-6H2,1H3. The number of rotatable bonds is 3. The summed E-state index contributed by atoms with van der Waals surface area (Å²) in [5, 5.41) is 0. The van der Waals surface area contributed by atoms with Crippen molar-refractivity contribution in [3.8, 4) is 0 Å². The fourth-order valence-electron chi connectivity index (χ4n) is 1.74. The largest absolute Gasteiger partial charge is 0.391 e. The molecular formula is C9H16F3NO. The summed E-state index contributed by atoms with van der Waals surface area (Å²) in [6, 6.07) is 0.0912. The lowest BCUT2D eigenvalue weighted by Gasteiger charge is -2.29. The van der Waals surface area contributed by atoms with Crippen molar-refractivity contribution in [3.05, 3.63) is 0 Å². The van der Waals surface area contributed by atoms with Gasteiger partial charge in [-0.25, -0.2) is 0 Å². The fourth-order valence-corrected chi connectivity index (χ4v) is 1.74. The van der Waals surface area contributed by atoms with Gasteiger partial charge in [-0.2, -0.15) is 18.7 Å². The lowest BCUT2D eigenvalue weighted by atomic mass is 9.86. The molecule has 1 fully saturated rings. The van der Waals surface area contributed by atoms with Crippen LogP contribution in [0.3, 0.4) is 0 Å². The third kappa shape index (κ3) is 3.46. The average molecular weight is 211 g/mol. The van der Waals surface area contributed by atoms with Crippen molar-refractivity contribution in [1.29, 1.82) is 0 Å². The van der Waals surface area contributed by atoms with Crippen LogP contribution in [0.15, 0.2) is 0 Å². The highest BCUT2D eigenvalue weighted by Crippen LogP contribution is 2.37. The highest BCUT2D eigenvalue weighted by Gasteiger charge is 2.41. The molecule has 14 heavy (non-hydrogen) atoms. The molecule has 0 heterocycles. The summed E-state index contributed by atoms with van der Waals surface area (Å²) >= 11 is 0. The Kier molecular flexibility index (Phi) is 4.19. The van der Waals surface area contributed by atoms with Crippen molar-refractivity contribution < 1.29 is 18.0 Å². The predicted molar refractivity (Wildman–Crippen MR) is 46.6 cm³/mol. The van der Waals surface area contributed by atoms with Crippen LogP contribution < -0.4 is 5.48 Å². The molecule has 0 aromatic carbocycles. The van der Waals surface area contributed by atoms with Crippen molar-refractivity contribution >= 4 is 0 Å². The van der Waals surface area contributed by atoms with Crippen molar-refractivity contribution in [2.75, 3.05) is 6.61 Å². The Morgan fingerprint density at radius 2 is 1.79 bits per heavy atom. The van der Waals surface area contributed by atoms with Gasteiger partial charge in [-0.3, -0.25) is 0 Å². The third-order valence-electron chi connectivity index (χ3n) is 2.58. The van der Waals surface area contributed by atoms with Crippen molar-refractivity contribution in [3.63, 3.8) is 0 Å². The summed E-state index contributed by atoms with van der Waals surface area (Å²) in [5.74, 6) is -1.11. The van der Waals surface area contributed by atoms with Crippen LogP contribution in [-0.4, -0.2) is 18.8 Å². The molecule has 0 amide bonds. The van der Waals surface area contributed by atoms with E-state index in [-0.39, 0.29) is 18.9 Å². The van der Waals surface area contributed by atoms with Gasteiger partial charge in [0, 0.05) is 6.04 Å². The van der Waals surface area contributed by atoms with Crippen LogP contribution in [0.25, 0.3) is 0 Å². The second kappa shape index (κ2) is 4.98. The molecule has 0 atom stereocenters. The molecule has 0 spiro atoms. The molecule has 1 rings (SSSR count). The third-order valence-corrected chi connectivity index (χ3v) is 2.58. The molecule has 0 aromatic heterocycles. The topological polar surface area (TPSA) is 21.3 Å². The van der Waals surface area contributed by atoms with E-state index < -0.39 is 12.1 Å². The second-order valence-electron chi connectivity index (χ2n) is 3.64. The summed E-state index contributed by atoms with van der Waals surface area (Å²) in [6.07, 6.45) is -2.49. The van der Waals surface area contributed by atoms with Gasteiger partial charge in [0.05, 0.1) is 12.5 Å². The van der Waals surface area contributed by atoms with Crippen molar-refractivity contribution in [2.45, 2.75) is 44.8 Å². The second-order valence-corrected chi connectivity index (χ2v) is 3.64. The van der Waals surface area contributed by atoms with E-state index in [4.69, 9.17) is 4.84 Å². The van der Waals surface area contributed by atoms with E-state index in [0.717, 1.165) is 0 Å². The molecule has 2 nitrogen and oxygen atoms in total. The van der Waals surface area contributed by atoms with E-state index in [2.05, 4.69) is 5.48 Å². The van der Waals surface area contributed by atoms with E-state index in [1.54, 1.807) is 0 Å². The van der Waals surface area contributed by atoms with Gasteiger partial charge in [-0.05, 0) is 32.6 Å². The van der Waals surface area contributed by atoms with Crippen LogP contribution in [0.2, 0.25) is 0 Å². The Labute approximate surface area is 81.8 Å². The molecule has 1 aliphatic carbocycles. The first kappa shape index (κ1) is 11.8. The fraction of sp³-hybridized carbons (Fsp3) is 1.00. The van der Waals surface area contributed by atoms with E-state index in [9.17, 15) is 13.2 Å². The van der Waals surface area contributed by atoms with Crippen LogP contribution >= 0.6 is 0 Å². The number of halogens is 3. The zero-order valence-corrected chi connectivity index (χ0v) is 8.23. The normalized spacial score (nSPS) is 29.1. The lowest BCUT2D eigenvalue weighted by molar-refractivity contribution is -0.184. The van der Waals surface area contributed by atoms with Crippen LogP contribution in [0.4, 0.5) is 13.2 Å². The van der Waals surface area contributed by atoms with Gasteiger partial charge in [0.1, 0.15) is 0 Å². The quantitative estimate of drug-likeness (QED) is 0.724. The zero-order valence-electron chi connectivity index (χ0n) is 8.23. The Bertz CT molecular complexity index is 164. The molecule has 5 heteroatoms. The maximum atomic E-state index is 12.3. The van der Waals surface area contributed by atoms with Gasteiger partial charge in [-0.1, -0.05) is 0 Å². The van der Waals surface area contributed by atoms with Gasteiger partial charge >= 0.3 is 6.18 Å². The smallest absolute Gasteiger partial charge is 0.302 e. The zero-order chi connectivity index (χ0) is 10.6.